The number of nitrogens with one attached hydrogen (secondary N) is 2. The Hall–Kier alpha value is -2.69. The van der Waals surface area contributed by atoms with Gasteiger partial charge in [0.05, 0.1) is 14.2 Å². The maximum atomic E-state index is 11.6. The smallest absolute Gasteiger partial charge is 0.224 e. The summed E-state index contributed by atoms with van der Waals surface area (Å²) >= 11 is 0. The Morgan fingerprint density at radius 1 is 0.958 bits per heavy atom. The molecule has 0 aliphatic heterocycles. The maximum Gasteiger partial charge on any atom is 0.224 e. The summed E-state index contributed by atoms with van der Waals surface area (Å²) in [5, 5.41) is 6.22. The molecule has 0 aliphatic carbocycles. The van der Waals surface area contributed by atoms with E-state index in [1.807, 2.05) is 49.4 Å². The zero-order valence-corrected chi connectivity index (χ0v) is 14.4. The molecule has 2 rings (SSSR count). The van der Waals surface area contributed by atoms with Crippen molar-refractivity contribution in [3.8, 4) is 11.5 Å². The number of carbonyl (C=O) groups is 1. The third-order valence-electron chi connectivity index (χ3n) is 3.59. The number of hydrogen-bond acceptors (Lipinski definition) is 4. The van der Waals surface area contributed by atoms with Gasteiger partial charge in [-0.3, -0.25) is 4.79 Å². The molecule has 2 aromatic rings. The molecule has 5 heteroatoms. The van der Waals surface area contributed by atoms with Gasteiger partial charge in [-0.05, 0) is 48.4 Å². The Kier molecular flexibility index (Phi) is 6.49. The molecule has 24 heavy (non-hydrogen) atoms. The van der Waals surface area contributed by atoms with Crippen LogP contribution in [-0.4, -0.2) is 20.1 Å². The molecule has 0 heterocycles. The summed E-state index contributed by atoms with van der Waals surface area (Å²) < 4.78 is 10.5. The van der Waals surface area contributed by atoms with Gasteiger partial charge < -0.3 is 20.1 Å². The fourth-order valence-electron chi connectivity index (χ4n) is 2.32. The summed E-state index contributed by atoms with van der Waals surface area (Å²) in [6.07, 6.45) is 1.39. The first kappa shape index (κ1) is 17.7. The summed E-state index contributed by atoms with van der Waals surface area (Å²) in [7, 11) is 3.25. The molecular formula is C19H24N2O3. The molecule has 0 spiro atoms. The van der Waals surface area contributed by atoms with E-state index in [9.17, 15) is 4.79 Å². The molecule has 128 valence electrons. The normalized spacial score (nSPS) is 10.1. The van der Waals surface area contributed by atoms with Crippen molar-refractivity contribution in [3.05, 3.63) is 48.0 Å². The van der Waals surface area contributed by atoms with Crippen LogP contribution in [0.15, 0.2) is 42.5 Å². The number of benzene rings is 2. The standard InChI is InChI=1S/C19H24N2O3/c1-4-5-19(22)21-16-9-7-15(8-10-16)20-13-14-6-11-17(23-2)18(12-14)24-3/h6-12,20H,4-5,13H2,1-3H3,(H,21,22). The first-order valence-corrected chi connectivity index (χ1v) is 8.01. The zero-order chi connectivity index (χ0) is 17.4. The lowest BCUT2D eigenvalue weighted by molar-refractivity contribution is -0.116. The highest BCUT2D eigenvalue weighted by Crippen LogP contribution is 2.27. The molecule has 0 aromatic heterocycles. The topological polar surface area (TPSA) is 59.6 Å². The zero-order valence-electron chi connectivity index (χ0n) is 14.4. The summed E-state index contributed by atoms with van der Waals surface area (Å²) in [4.78, 5) is 11.6. The second kappa shape index (κ2) is 8.82. The van der Waals surface area contributed by atoms with Gasteiger partial charge in [-0.2, -0.15) is 0 Å². The van der Waals surface area contributed by atoms with Crippen molar-refractivity contribution in [2.75, 3.05) is 24.9 Å². The molecular weight excluding hydrogens is 304 g/mol. The summed E-state index contributed by atoms with van der Waals surface area (Å²) in [6.45, 7) is 2.66. The highest BCUT2D eigenvalue weighted by atomic mass is 16.5. The highest BCUT2D eigenvalue weighted by Gasteiger charge is 2.05. The van der Waals surface area contributed by atoms with Crippen molar-refractivity contribution < 1.29 is 14.3 Å². The third-order valence-corrected chi connectivity index (χ3v) is 3.59. The fraction of sp³-hybridized carbons (Fsp3) is 0.316. The highest BCUT2D eigenvalue weighted by molar-refractivity contribution is 5.90. The molecule has 5 nitrogen and oxygen atoms in total. The molecule has 0 fully saturated rings. The Bertz CT molecular complexity index is 669. The molecule has 1 amide bonds. The van der Waals surface area contributed by atoms with Gasteiger partial charge >= 0.3 is 0 Å². The number of methoxy groups -OCH3 is 2. The van der Waals surface area contributed by atoms with E-state index in [0.29, 0.717) is 24.5 Å². The predicted molar refractivity (Wildman–Crippen MR) is 96.9 cm³/mol. The minimum atomic E-state index is 0.0449. The van der Waals surface area contributed by atoms with Crippen LogP contribution in [0.1, 0.15) is 25.3 Å². The van der Waals surface area contributed by atoms with Crippen molar-refractivity contribution in [2.24, 2.45) is 0 Å². The van der Waals surface area contributed by atoms with Gasteiger partial charge in [-0.15, -0.1) is 0 Å². The van der Waals surface area contributed by atoms with Crippen LogP contribution in [0.3, 0.4) is 0 Å². The van der Waals surface area contributed by atoms with Crippen molar-refractivity contribution in [3.63, 3.8) is 0 Å². The van der Waals surface area contributed by atoms with Gasteiger partial charge in [-0.1, -0.05) is 13.0 Å². The summed E-state index contributed by atoms with van der Waals surface area (Å²) in [6, 6.07) is 13.5. The average molecular weight is 328 g/mol. The van der Waals surface area contributed by atoms with E-state index < -0.39 is 0 Å². The Morgan fingerprint density at radius 2 is 1.62 bits per heavy atom. The monoisotopic (exact) mass is 328 g/mol. The number of hydrogen-bond donors (Lipinski definition) is 2. The van der Waals surface area contributed by atoms with Crippen LogP contribution in [0.25, 0.3) is 0 Å². The van der Waals surface area contributed by atoms with Crippen molar-refractivity contribution >= 4 is 17.3 Å². The maximum absolute atomic E-state index is 11.6. The van der Waals surface area contributed by atoms with E-state index in [-0.39, 0.29) is 5.91 Å². The van der Waals surface area contributed by atoms with Crippen LogP contribution >= 0.6 is 0 Å². The van der Waals surface area contributed by atoms with E-state index in [4.69, 9.17) is 9.47 Å². The lowest BCUT2D eigenvalue weighted by Crippen LogP contribution is -2.10. The molecule has 0 saturated carbocycles. The predicted octanol–water partition coefficient (Wildman–Crippen LogP) is 4.05. The van der Waals surface area contributed by atoms with Crippen LogP contribution < -0.4 is 20.1 Å². The van der Waals surface area contributed by atoms with Crippen LogP contribution in [-0.2, 0) is 11.3 Å². The molecule has 0 unspecified atom stereocenters. The Morgan fingerprint density at radius 3 is 2.25 bits per heavy atom. The van der Waals surface area contributed by atoms with Crippen molar-refractivity contribution in [2.45, 2.75) is 26.3 Å². The first-order valence-electron chi connectivity index (χ1n) is 8.01. The van der Waals surface area contributed by atoms with Gasteiger partial charge in [-0.25, -0.2) is 0 Å². The number of anilines is 2. The molecule has 0 atom stereocenters. The molecule has 0 radical (unpaired) electrons. The Labute approximate surface area is 143 Å². The number of carbonyl (C=O) groups excluding carboxylic acids is 1. The number of amides is 1. The van der Waals surface area contributed by atoms with E-state index in [2.05, 4.69) is 10.6 Å². The quantitative estimate of drug-likeness (QED) is 0.767. The number of ether oxygens (including phenoxy) is 2. The first-order chi connectivity index (χ1) is 11.7. The Balaban J connectivity index is 1.93. The molecule has 0 bridgehead atoms. The van der Waals surface area contributed by atoms with E-state index in [0.717, 1.165) is 23.4 Å². The second-order valence-electron chi connectivity index (χ2n) is 5.42. The lowest BCUT2D eigenvalue weighted by Gasteiger charge is -2.11. The summed E-state index contributed by atoms with van der Waals surface area (Å²) in [5.41, 5.74) is 2.89. The van der Waals surface area contributed by atoms with E-state index >= 15 is 0 Å². The van der Waals surface area contributed by atoms with Crippen LogP contribution in [0.5, 0.6) is 11.5 Å². The van der Waals surface area contributed by atoms with Gasteiger partial charge in [0, 0.05) is 24.3 Å². The van der Waals surface area contributed by atoms with E-state index in [1.165, 1.54) is 0 Å². The largest absolute Gasteiger partial charge is 0.493 e. The van der Waals surface area contributed by atoms with E-state index in [1.54, 1.807) is 14.2 Å². The fourth-order valence-corrected chi connectivity index (χ4v) is 2.32. The van der Waals surface area contributed by atoms with Gasteiger partial charge in [0.25, 0.3) is 0 Å². The summed E-state index contributed by atoms with van der Waals surface area (Å²) in [5.74, 6) is 1.47. The molecule has 0 saturated heterocycles. The number of rotatable bonds is 8. The average Bonchev–Trinajstić information content (AvgIpc) is 2.61. The molecule has 2 N–H and O–H groups in total. The van der Waals surface area contributed by atoms with Crippen molar-refractivity contribution in [1.29, 1.82) is 0 Å². The van der Waals surface area contributed by atoms with Crippen LogP contribution in [0, 0.1) is 0 Å². The molecule has 2 aromatic carbocycles. The van der Waals surface area contributed by atoms with Gasteiger partial charge in [0.2, 0.25) is 5.91 Å². The molecule has 0 aliphatic rings. The lowest BCUT2D eigenvalue weighted by atomic mass is 10.2. The SMILES string of the molecule is CCCC(=O)Nc1ccc(NCc2ccc(OC)c(OC)c2)cc1. The van der Waals surface area contributed by atoms with Crippen LogP contribution in [0.4, 0.5) is 11.4 Å². The second-order valence-corrected chi connectivity index (χ2v) is 5.42. The van der Waals surface area contributed by atoms with Crippen molar-refractivity contribution in [1.82, 2.24) is 0 Å². The van der Waals surface area contributed by atoms with Crippen LogP contribution in [0.2, 0.25) is 0 Å². The van der Waals surface area contributed by atoms with Gasteiger partial charge in [0.15, 0.2) is 11.5 Å². The third kappa shape index (κ3) is 4.91. The minimum Gasteiger partial charge on any atom is -0.493 e. The minimum absolute atomic E-state index is 0.0449. The van der Waals surface area contributed by atoms with Gasteiger partial charge in [0.1, 0.15) is 0 Å².